The number of carbonyl (C=O) groups is 2. The standard InChI is InChI=1S/C24H26N4O2S/c1-14(29)15-8-10-16(11-9-15)26-23(30)21-20(25)19-17-6-2-3-7-18(17)22(27-24(19)31-21)28-12-4-5-13-28/h8-11H,2-7,12-13,25H2,1H3,(H,26,30). The molecule has 3 heterocycles. The lowest BCUT2D eigenvalue weighted by molar-refractivity contribution is 0.101. The molecule has 1 saturated heterocycles. The first-order valence-corrected chi connectivity index (χ1v) is 11.8. The van der Waals surface area contributed by atoms with E-state index in [9.17, 15) is 9.59 Å². The van der Waals surface area contributed by atoms with Gasteiger partial charge < -0.3 is 16.0 Å². The number of ketones is 1. The van der Waals surface area contributed by atoms with E-state index in [2.05, 4.69) is 10.2 Å². The zero-order chi connectivity index (χ0) is 21.5. The van der Waals surface area contributed by atoms with Gasteiger partial charge in [-0.25, -0.2) is 4.98 Å². The summed E-state index contributed by atoms with van der Waals surface area (Å²) in [4.78, 5) is 33.3. The van der Waals surface area contributed by atoms with E-state index >= 15 is 0 Å². The van der Waals surface area contributed by atoms with E-state index < -0.39 is 0 Å². The van der Waals surface area contributed by atoms with Crippen LogP contribution in [0.5, 0.6) is 0 Å². The Morgan fingerprint density at radius 2 is 1.71 bits per heavy atom. The first-order valence-electron chi connectivity index (χ1n) is 10.9. The van der Waals surface area contributed by atoms with Crippen LogP contribution in [0.1, 0.15) is 63.8 Å². The van der Waals surface area contributed by atoms with E-state index in [1.165, 1.54) is 48.6 Å². The van der Waals surface area contributed by atoms with Crippen LogP contribution in [0.25, 0.3) is 10.2 Å². The second-order valence-corrected chi connectivity index (χ2v) is 9.41. The van der Waals surface area contributed by atoms with E-state index in [0.29, 0.717) is 21.8 Å². The van der Waals surface area contributed by atoms with Crippen molar-refractivity contribution in [1.82, 2.24) is 4.98 Å². The molecule has 0 radical (unpaired) electrons. The van der Waals surface area contributed by atoms with Gasteiger partial charge in [-0.2, -0.15) is 0 Å². The maximum Gasteiger partial charge on any atom is 0.267 e. The Hall–Kier alpha value is -2.93. The van der Waals surface area contributed by atoms with Gasteiger partial charge in [0.25, 0.3) is 5.91 Å². The second-order valence-electron chi connectivity index (χ2n) is 8.41. The number of anilines is 3. The molecule has 31 heavy (non-hydrogen) atoms. The van der Waals surface area contributed by atoms with Gasteiger partial charge >= 0.3 is 0 Å². The number of Topliss-reactive ketones (excluding diaryl/α,β-unsaturated/α-hetero) is 1. The van der Waals surface area contributed by atoms with Gasteiger partial charge in [0.1, 0.15) is 15.5 Å². The maximum absolute atomic E-state index is 13.0. The third-order valence-corrected chi connectivity index (χ3v) is 7.43. The number of hydrogen-bond acceptors (Lipinski definition) is 6. The van der Waals surface area contributed by atoms with Crippen molar-refractivity contribution in [2.45, 2.75) is 45.4 Å². The van der Waals surface area contributed by atoms with Crippen LogP contribution in [0.4, 0.5) is 17.2 Å². The zero-order valence-corrected chi connectivity index (χ0v) is 18.5. The van der Waals surface area contributed by atoms with Crippen LogP contribution in [0, 0.1) is 0 Å². The summed E-state index contributed by atoms with van der Waals surface area (Å²) in [6.07, 6.45) is 6.75. The highest BCUT2D eigenvalue weighted by atomic mass is 32.1. The molecule has 1 aliphatic heterocycles. The Morgan fingerprint density at radius 1 is 1.03 bits per heavy atom. The molecule has 2 aliphatic rings. The third kappa shape index (κ3) is 3.57. The third-order valence-electron chi connectivity index (χ3n) is 6.33. The Kier molecular flexibility index (Phi) is 5.14. The van der Waals surface area contributed by atoms with Crippen LogP contribution >= 0.6 is 11.3 Å². The molecule has 160 valence electrons. The Morgan fingerprint density at radius 3 is 2.39 bits per heavy atom. The molecule has 6 nitrogen and oxygen atoms in total. The number of nitrogens with two attached hydrogens (primary N) is 1. The molecule has 2 aromatic heterocycles. The molecule has 1 amide bonds. The average Bonchev–Trinajstić information content (AvgIpc) is 3.42. The normalized spacial score (nSPS) is 15.8. The van der Waals surface area contributed by atoms with Gasteiger partial charge in [0.2, 0.25) is 0 Å². The lowest BCUT2D eigenvalue weighted by Crippen LogP contribution is -2.22. The highest BCUT2D eigenvalue weighted by Crippen LogP contribution is 2.42. The summed E-state index contributed by atoms with van der Waals surface area (Å²) < 4.78 is 0. The van der Waals surface area contributed by atoms with E-state index in [0.717, 1.165) is 48.4 Å². The summed E-state index contributed by atoms with van der Waals surface area (Å²) >= 11 is 1.38. The van der Waals surface area contributed by atoms with Gasteiger partial charge in [0.05, 0.1) is 5.69 Å². The molecule has 1 aromatic carbocycles. The van der Waals surface area contributed by atoms with E-state index in [1.54, 1.807) is 24.3 Å². The minimum atomic E-state index is -0.233. The van der Waals surface area contributed by atoms with Crippen LogP contribution in [0.3, 0.4) is 0 Å². The van der Waals surface area contributed by atoms with Crippen LogP contribution in [0.15, 0.2) is 24.3 Å². The van der Waals surface area contributed by atoms with Crippen molar-refractivity contribution in [3.8, 4) is 0 Å². The van der Waals surface area contributed by atoms with Crippen molar-refractivity contribution in [3.63, 3.8) is 0 Å². The number of nitrogens with zero attached hydrogens (tertiary/aromatic N) is 2. The summed E-state index contributed by atoms with van der Waals surface area (Å²) in [6, 6.07) is 6.91. The average molecular weight is 435 g/mol. The van der Waals surface area contributed by atoms with Gasteiger partial charge in [0.15, 0.2) is 5.78 Å². The van der Waals surface area contributed by atoms with Crippen molar-refractivity contribution in [2.24, 2.45) is 0 Å². The lowest BCUT2D eigenvalue weighted by Gasteiger charge is -2.25. The number of aryl methyl sites for hydroxylation is 1. The Balaban J connectivity index is 1.53. The number of nitrogens with one attached hydrogen (secondary N) is 1. The molecule has 5 rings (SSSR count). The topological polar surface area (TPSA) is 88.3 Å². The van der Waals surface area contributed by atoms with Crippen molar-refractivity contribution in [3.05, 3.63) is 45.8 Å². The quantitative estimate of drug-likeness (QED) is 0.575. The minimum Gasteiger partial charge on any atom is -0.397 e. The van der Waals surface area contributed by atoms with E-state index in [1.807, 2.05) is 0 Å². The lowest BCUT2D eigenvalue weighted by atomic mass is 9.89. The fourth-order valence-corrected chi connectivity index (χ4v) is 5.75. The Bertz CT molecular complexity index is 1180. The molecule has 0 unspecified atom stereocenters. The van der Waals surface area contributed by atoms with Crippen LogP contribution in [-0.2, 0) is 12.8 Å². The SMILES string of the molecule is CC(=O)c1ccc(NC(=O)c2sc3nc(N4CCCC4)c4c(c3c2N)CCCC4)cc1. The first kappa shape index (κ1) is 20.0. The number of fused-ring (bicyclic) bond motifs is 3. The van der Waals surface area contributed by atoms with Crippen LogP contribution < -0.4 is 16.0 Å². The molecule has 0 atom stereocenters. The molecule has 0 spiro atoms. The molecule has 7 heteroatoms. The maximum atomic E-state index is 13.0. The van der Waals surface area contributed by atoms with E-state index in [4.69, 9.17) is 10.7 Å². The smallest absolute Gasteiger partial charge is 0.267 e. The van der Waals surface area contributed by atoms with Gasteiger partial charge in [-0.1, -0.05) is 0 Å². The molecule has 0 saturated carbocycles. The fourth-order valence-electron chi connectivity index (χ4n) is 4.73. The number of aromatic nitrogens is 1. The highest BCUT2D eigenvalue weighted by Gasteiger charge is 2.28. The predicted octanol–water partition coefficient (Wildman–Crippen LogP) is 4.81. The molecular formula is C24H26N4O2S. The van der Waals surface area contributed by atoms with Crippen LogP contribution in [0.2, 0.25) is 0 Å². The van der Waals surface area contributed by atoms with Crippen molar-refractivity contribution < 1.29 is 9.59 Å². The fraction of sp³-hybridized carbons (Fsp3) is 0.375. The van der Waals surface area contributed by atoms with Gasteiger partial charge in [0, 0.05) is 29.7 Å². The summed E-state index contributed by atoms with van der Waals surface area (Å²) in [6.45, 7) is 3.63. The summed E-state index contributed by atoms with van der Waals surface area (Å²) in [5.74, 6) is 0.868. The molecule has 0 bridgehead atoms. The number of amides is 1. The molecule has 3 N–H and O–H groups in total. The highest BCUT2D eigenvalue weighted by molar-refractivity contribution is 7.21. The van der Waals surface area contributed by atoms with Crippen molar-refractivity contribution in [1.29, 1.82) is 0 Å². The van der Waals surface area contributed by atoms with Gasteiger partial charge in [-0.15, -0.1) is 11.3 Å². The number of rotatable bonds is 4. The number of carbonyl (C=O) groups excluding carboxylic acids is 2. The second kappa shape index (κ2) is 7.96. The Labute approximate surface area is 185 Å². The summed E-state index contributed by atoms with van der Waals surface area (Å²) in [5, 5.41) is 3.89. The van der Waals surface area contributed by atoms with Gasteiger partial charge in [-0.3, -0.25) is 9.59 Å². The number of benzene rings is 1. The largest absolute Gasteiger partial charge is 0.397 e. The zero-order valence-electron chi connectivity index (χ0n) is 17.7. The number of pyridine rings is 1. The van der Waals surface area contributed by atoms with Crippen LogP contribution in [-0.4, -0.2) is 29.8 Å². The summed E-state index contributed by atoms with van der Waals surface area (Å²) in [7, 11) is 0. The van der Waals surface area contributed by atoms with Crippen molar-refractivity contribution in [2.75, 3.05) is 29.0 Å². The minimum absolute atomic E-state index is 0.00344. The van der Waals surface area contributed by atoms with Gasteiger partial charge in [-0.05, 0) is 80.8 Å². The number of nitrogen functional groups attached to an aromatic ring is 1. The first-order chi connectivity index (χ1) is 15.0. The monoisotopic (exact) mass is 434 g/mol. The molecule has 3 aromatic rings. The number of hydrogen-bond donors (Lipinski definition) is 2. The number of thiophene rings is 1. The molecular weight excluding hydrogens is 408 g/mol. The summed E-state index contributed by atoms with van der Waals surface area (Å²) in [5.41, 5.74) is 10.9. The molecule has 1 aliphatic carbocycles. The van der Waals surface area contributed by atoms with E-state index in [-0.39, 0.29) is 11.7 Å². The predicted molar refractivity (Wildman–Crippen MR) is 127 cm³/mol. The van der Waals surface area contributed by atoms with Crippen molar-refractivity contribution >= 4 is 50.4 Å². The molecule has 1 fully saturated rings.